The van der Waals surface area contributed by atoms with Gasteiger partial charge in [0.25, 0.3) is 0 Å². The Kier molecular flexibility index (Phi) is 4.18. The number of fused-ring (bicyclic) bond motifs is 5. The van der Waals surface area contributed by atoms with Crippen LogP contribution in [0.3, 0.4) is 0 Å². The normalized spacial score (nSPS) is 57.6. The molecule has 0 bridgehead atoms. The van der Waals surface area contributed by atoms with Gasteiger partial charge in [-0.05, 0) is 68.1 Å². The second-order valence-corrected chi connectivity index (χ2v) is 11.1. The predicted octanol–water partition coefficient (Wildman–Crippen LogP) is 5.08. The summed E-state index contributed by atoms with van der Waals surface area (Å²) in [6.07, 6.45) is 11.6. The maximum absolute atomic E-state index is 10.2. The van der Waals surface area contributed by atoms with Gasteiger partial charge in [-0.1, -0.05) is 39.3 Å². The van der Waals surface area contributed by atoms with Crippen LogP contribution in [0.15, 0.2) is 11.6 Å². The molecule has 0 aromatic carbocycles. The minimum Gasteiger partial charge on any atom is -0.393 e. The van der Waals surface area contributed by atoms with Crippen molar-refractivity contribution in [1.82, 2.24) is 0 Å². The molecule has 1 N–H and O–H groups in total. The van der Waals surface area contributed by atoms with E-state index < -0.39 is 0 Å². The lowest BCUT2D eigenvalue weighted by Gasteiger charge is -2.56. The highest BCUT2D eigenvalue weighted by Crippen LogP contribution is 2.66. The Labute approximate surface area is 164 Å². The molecule has 152 valence electrons. The summed E-state index contributed by atoms with van der Waals surface area (Å²) in [7, 11) is 0. The number of allylic oxidation sites excluding steroid dienone is 1. The van der Waals surface area contributed by atoms with E-state index in [1.165, 1.54) is 24.8 Å². The van der Waals surface area contributed by atoms with Gasteiger partial charge in [0, 0.05) is 17.8 Å². The third-order valence-corrected chi connectivity index (χ3v) is 9.76. The van der Waals surface area contributed by atoms with E-state index in [4.69, 9.17) is 9.47 Å². The fraction of sp³-hybridized carbons (Fsp3) is 0.917. The molecule has 2 aliphatic heterocycles. The van der Waals surface area contributed by atoms with Gasteiger partial charge in [-0.3, -0.25) is 0 Å². The molecule has 3 nitrogen and oxygen atoms in total. The molecule has 4 fully saturated rings. The molecule has 5 aliphatic rings. The van der Waals surface area contributed by atoms with Crippen molar-refractivity contribution in [3.63, 3.8) is 0 Å². The third-order valence-electron chi connectivity index (χ3n) is 9.76. The van der Waals surface area contributed by atoms with Gasteiger partial charge in [0.15, 0.2) is 5.79 Å². The van der Waals surface area contributed by atoms with Gasteiger partial charge in [0.2, 0.25) is 0 Å². The minimum atomic E-state index is -0.339. The van der Waals surface area contributed by atoms with Crippen LogP contribution in [0.2, 0.25) is 0 Å². The molecule has 0 aromatic rings. The molecule has 3 heteroatoms. The Morgan fingerprint density at radius 2 is 1.89 bits per heavy atom. The zero-order valence-electron chi connectivity index (χ0n) is 17.7. The van der Waals surface area contributed by atoms with E-state index in [2.05, 4.69) is 33.8 Å². The van der Waals surface area contributed by atoms with Crippen molar-refractivity contribution in [3.8, 4) is 0 Å². The highest BCUT2D eigenvalue weighted by molar-refractivity contribution is 5.26. The van der Waals surface area contributed by atoms with Crippen LogP contribution in [0.25, 0.3) is 0 Å². The van der Waals surface area contributed by atoms with E-state index in [9.17, 15) is 5.11 Å². The average Bonchev–Trinajstić information content (AvgIpc) is 2.87. The monoisotopic (exact) mass is 374 g/mol. The lowest BCUT2D eigenvalue weighted by Crippen LogP contribution is -2.52. The summed E-state index contributed by atoms with van der Waals surface area (Å²) in [5.41, 5.74) is 2.04. The van der Waals surface area contributed by atoms with Crippen LogP contribution in [-0.2, 0) is 9.47 Å². The smallest absolute Gasteiger partial charge is 0.171 e. The topological polar surface area (TPSA) is 38.7 Å². The van der Waals surface area contributed by atoms with Crippen LogP contribution in [-0.4, -0.2) is 29.7 Å². The summed E-state index contributed by atoms with van der Waals surface area (Å²) in [6.45, 7) is 10.5. The van der Waals surface area contributed by atoms with E-state index in [-0.39, 0.29) is 22.7 Å². The number of rotatable bonds is 0. The minimum absolute atomic E-state index is 0.126. The number of ether oxygens (including phenoxy) is 2. The van der Waals surface area contributed by atoms with Crippen molar-refractivity contribution >= 4 is 0 Å². The van der Waals surface area contributed by atoms with Crippen molar-refractivity contribution in [3.05, 3.63) is 11.6 Å². The van der Waals surface area contributed by atoms with Crippen LogP contribution in [0.1, 0.15) is 79.1 Å². The van der Waals surface area contributed by atoms with E-state index in [0.29, 0.717) is 29.8 Å². The van der Waals surface area contributed by atoms with Crippen molar-refractivity contribution < 1.29 is 14.6 Å². The second kappa shape index (κ2) is 6.06. The zero-order valence-corrected chi connectivity index (χ0v) is 17.7. The number of aliphatic hydroxyl groups excluding tert-OH is 1. The summed E-state index contributed by atoms with van der Waals surface area (Å²) in [6, 6.07) is 0. The molecule has 0 amide bonds. The fourth-order valence-electron chi connectivity index (χ4n) is 7.66. The molecule has 2 heterocycles. The Hall–Kier alpha value is -0.380. The first kappa shape index (κ1) is 18.6. The predicted molar refractivity (Wildman–Crippen MR) is 106 cm³/mol. The summed E-state index contributed by atoms with van der Waals surface area (Å²) in [4.78, 5) is 0. The van der Waals surface area contributed by atoms with Gasteiger partial charge in [-0.2, -0.15) is 0 Å². The van der Waals surface area contributed by atoms with Gasteiger partial charge in [0.1, 0.15) is 0 Å². The zero-order chi connectivity index (χ0) is 19.0. The molecule has 0 radical (unpaired) electrons. The quantitative estimate of drug-likeness (QED) is 0.601. The average molecular weight is 375 g/mol. The maximum Gasteiger partial charge on any atom is 0.171 e. The molecule has 8 unspecified atom stereocenters. The maximum atomic E-state index is 10.2. The lowest BCUT2D eigenvalue weighted by molar-refractivity contribution is -0.276. The SMILES string of the molecule is CC1CC[C@@]2(OC1)OC1C3CC=C4CC(O)CCC4(C)C3CCC1(C)C2C. The first-order chi connectivity index (χ1) is 12.8. The number of aliphatic hydroxyl groups is 1. The Bertz CT molecular complexity index is 634. The molecule has 9 atom stereocenters. The largest absolute Gasteiger partial charge is 0.393 e. The van der Waals surface area contributed by atoms with Crippen LogP contribution >= 0.6 is 0 Å². The molecule has 3 aliphatic carbocycles. The summed E-state index contributed by atoms with van der Waals surface area (Å²) < 4.78 is 13.4. The van der Waals surface area contributed by atoms with Crippen LogP contribution in [0.5, 0.6) is 0 Å². The number of hydrogen-bond acceptors (Lipinski definition) is 3. The van der Waals surface area contributed by atoms with Gasteiger partial charge < -0.3 is 14.6 Å². The Balaban J connectivity index is 1.46. The first-order valence-corrected chi connectivity index (χ1v) is 11.5. The summed E-state index contributed by atoms with van der Waals surface area (Å²) in [5, 5.41) is 10.2. The summed E-state index contributed by atoms with van der Waals surface area (Å²) in [5.74, 6) is 2.09. The highest BCUT2D eigenvalue weighted by Gasteiger charge is 2.66. The molecular weight excluding hydrogens is 336 g/mol. The Morgan fingerprint density at radius 1 is 1.07 bits per heavy atom. The molecular formula is C24H38O3. The van der Waals surface area contributed by atoms with Gasteiger partial charge >= 0.3 is 0 Å². The van der Waals surface area contributed by atoms with Crippen molar-refractivity contribution in [2.24, 2.45) is 34.5 Å². The highest BCUT2D eigenvalue weighted by atomic mass is 16.7. The van der Waals surface area contributed by atoms with E-state index >= 15 is 0 Å². The van der Waals surface area contributed by atoms with Crippen molar-refractivity contribution in [2.75, 3.05) is 6.61 Å². The lowest BCUT2D eigenvalue weighted by atomic mass is 9.48. The molecule has 27 heavy (non-hydrogen) atoms. The molecule has 1 spiro atoms. The van der Waals surface area contributed by atoms with E-state index in [0.717, 1.165) is 38.7 Å². The van der Waals surface area contributed by atoms with E-state index in [1.807, 2.05) is 0 Å². The van der Waals surface area contributed by atoms with Crippen LogP contribution in [0.4, 0.5) is 0 Å². The molecule has 0 aromatic heterocycles. The Morgan fingerprint density at radius 3 is 2.63 bits per heavy atom. The fourth-order valence-corrected chi connectivity index (χ4v) is 7.66. The standard InChI is InChI=1S/C24H38O3/c1-15-7-12-24(26-14-15)16(2)22(3)11-9-20-19(21(22)27-24)6-5-17-13-18(25)8-10-23(17,20)4/h5,15-16,18-21,25H,6-14H2,1-4H3/t15?,16?,18?,19?,20?,21?,22?,23?,24-/m1/s1. The second-order valence-electron chi connectivity index (χ2n) is 11.1. The van der Waals surface area contributed by atoms with Crippen LogP contribution < -0.4 is 0 Å². The van der Waals surface area contributed by atoms with Crippen LogP contribution in [0, 0.1) is 34.5 Å². The molecule has 5 rings (SSSR count). The third kappa shape index (κ3) is 2.50. The van der Waals surface area contributed by atoms with Gasteiger partial charge in [-0.15, -0.1) is 0 Å². The van der Waals surface area contributed by atoms with Crippen molar-refractivity contribution in [2.45, 2.75) is 97.1 Å². The first-order valence-electron chi connectivity index (χ1n) is 11.5. The molecule has 2 saturated heterocycles. The summed E-state index contributed by atoms with van der Waals surface area (Å²) >= 11 is 0. The van der Waals surface area contributed by atoms with Crippen molar-refractivity contribution in [1.29, 1.82) is 0 Å². The van der Waals surface area contributed by atoms with Gasteiger partial charge in [0.05, 0.1) is 18.8 Å². The van der Waals surface area contributed by atoms with E-state index in [1.54, 1.807) is 0 Å². The number of hydrogen-bond donors (Lipinski definition) is 1. The molecule has 2 saturated carbocycles. The van der Waals surface area contributed by atoms with Gasteiger partial charge in [-0.25, -0.2) is 0 Å².